The number of benzene rings is 1. The molecular weight excluding hydrogens is 354 g/mol. The van der Waals surface area contributed by atoms with Crippen LogP contribution in [0.5, 0.6) is 0 Å². The van der Waals surface area contributed by atoms with Gasteiger partial charge in [-0.05, 0) is 49.7 Å². The number of carbonyl (C=O) groups is 1. The van der Waals surface area contributed by atoms with Crippen molar-refractivity contribution in [2.45, 2.75) is 44.7 Å². The Morgan fingerprint density at radius 2 is 1.92 bits per heavy atom. The van der Waals surface area contributed by atoms with Gasteiger partial charge in [-0.1, -0.05) is 12.8 Å². The molecule has 1 aromatic rings. The number of thiocarbonyl (C=S) groups is 1. The number of esters is 1. The Hall–Kier alpha value is -2.48. The summed E-state index contributed by atoms with van der Waals surface area (Å²) in [5.74, 6) is -0.427. The second kappa shape index (κ2) is 7.41. The van der Waals surface area contributed by atoms with Crippen molar-refractivity contribution in [3.8, 4) is 0 Å². The Morgan fingerprint density at radius 3 is 2.46 bits per heavy atom. The number of methoxy groups -OCH3 is 1. The van der Waals surface area contributed by atoms with Crippen molar-refractivity contribution in [1.29, 1.82) is 0 Å². The molecule has 0 spiro atoms. The van der Waals surface area contributed by atoms with E-state index in [9.17, 15) is 14.9 Å². The van der Waals surface area contributed by atoms with E-state index in [4.69, 9.17) is 17.0 Å². The van der Waals surface area contributed by atoms with Gasteiger partial charge in [0.1, 0.15) is 0 Å². The largest absolute Gasteiger partial charge is 0.466 e. The van der Waals surface area contributed by atoms with Crippen LogP contribution in [0.15, 0.2) is 35.5 Å². The summed E-state index contributed by atoms with van der Waals surface area (Å²) in [6, 6.07) is 5.92. The molecule has 0 bridgehead atoms. The molecule has 0 unspecified atom stereocenters. The molecule has 1 saturated carbocycles. The molecule has 1 aliphatic carbocycles. The zero-order valence-electron chi connectivity index (χ0n) is 14.7. The quantitative estimate of drug-likeness (QED) is 0.374. The molecule has 1 aliphatic heterocycles. The minimum atomic E-state index is -0.492. The summed E-state index contributed by atoms with van der Waals surface area (Å²) >= 11 is 5.58. The fourth-order valence-corrected chi connectivity index (χ4v) is 4.18. The predicted octanol–water partition coefficient (Wildman–Crippen LogP) is 3.22. The van der Waals surface area contributed by atoms with Crippen molar-refractivity contribution < 1.29 is 14.5 Å². The van der Waals surface area contributed by atoms with Crippen molar-refractivity contribution in [2.75, 3.05) is 7.11 Å². The van der Waals surface area contributed by atoms with Gasteiger partial charge in [-0.25, -0.2) is 4.79 Å². The van der Waals surface area contributed by atoms with E-state index in [0.717, 1.165) is 36.9 Å². The van der Waals surface area contributed by atoms with E-state index in [1.54, 1.807) is 12.1 Å². The van der Waals surface area contributed by atoms with Crippen LogP contribution in [0.1, 0.15) is 44.2 Å². The molecule has 8 heteroatoms. The molecule has 0 amide bonds. The number of rotatable bonds is 4. The SMILES string of the molecule is COC(=O)C1=C(C)N(C2CCCC2)C(=S)N[C@@H]1c1ccc([N+](=O)[O-])cc1. The molecule has 26 heavy (non-hydrogen) atoms. The van der Waals surface area contributed by atoms with Gasteiger partial charge in [0.15, 0.2) is 5.11 Å². The van der Waals surface area contributed by atoms with Crippen LogP contribution in [0.3, 0.4) is 0 Å². The maximum atomic E-state index is 12.5. The molecule has 0 aromatic heterocycles. The van der Waals surface area contributed by atoms with Gasteiger partial charge in [0.05, 0.1) is 23.6 Å². The van der Waals surface area contributed by atoms with Gasteiger partial charge in [-0.2, -0.15) is 0 Å². The smallest absolute Gasteiger partial charge is 0.337 e. The second-order valence-corrected chi connectivity index (χ2v) is 6.92. The Kier molecular flexibility index (Phi) is 5.22. The van der Waals surface area contributed by atoms with Crippen molar-refractivity contribution in [1.82, 2.24) is 10.2 Å². The van der Waals surface area contributed by atoms with Gasteiger partial charge in [0, 0.05) is 23.9 Å². The lowest BCUT2D eigenvalue weighted by atomic mass is 9.94. The molecular formula is C18H21N3O4S. The Labute approximate surface area is 157 Å². The number of non-ortho nitro benzene ring substituents is 1. The van der Waals surface area contributed by atoms with E-state index in [1.807, 2.05) is 11.8 Å². The third kappa shape index (κ3) is 3.29. The maximum absolute atomic E-state index is 12.5. The number of nitro groups is 1. The van der Waals surface area contributed by atoms with Crippen molar-refractivity contribution in [3.63, 3.8) is 0 Å². The van der Waals surface area contributed by atoms with Gasteiger partial charge < -0.3 is 15.0 Å². The molecule has 1 heterocycles. The lowest BCUT2D eigenvalue weighted by Crippen LogP contribution is -2.51. The third-order valence-corrected chi connectivity index (χ3v) is 5.37. The fraction of sp³-hybridized carbons (Fsp3) is 0.444. The highest BCUT2D eigenvalue weighted by Gasteiger charge is 2.38. The molecule has 138 valence electrons. The number of hydrogen-bond donors (Lipinski definition) is 1. The summed E-state index contributed by atoms with van der Waals surface area (Å²) in [4.78, 5) is 25.0. The number of hydrogen-bond acceptors (Lipinski definition) is 5. The first-order valence-electron chi connectivity index (χ1n) is 8.57. The van der Waals surface area contributed by atoms with Crippen LogP contribution in [0.25, 0.3) is 0 Å². The highest BCUT2D eigenvalue weighted by molar-refractivity contribution is 7.80. The summed E-state index contributed by atoms with van der Waals surface area (Å²) in [5.41, 5.74) is 2.00. The first-order valence-corrected chi connectivity index (χ1v) is 8.98. The lowest BCUT2D eigenvalue weighted by molar-refractivity contribution is -0.384. The Morgan fingerprint density at radius 1 is 1.31 bits per heavy atom. The summed E-state index contributed by atoms with van der Waals surface area (Å²) in [5, 5.41) is 14.7. The van der Waals surface area contributed by atoms with E-state index in [-0.39, 0.29) is 11.7 Å². The average molecular weight is 375 g/mol. The van der Waals surface area contributed by atoms with Crippen molar-refractivity contribution >= 4 is 29.0 Å². The zero-order valence-corrected chi connectivity index (χ0v) is 15.5. The van der Waals surface area contributed by atoms with E-state index in [0.29, 0.717) is 10.7 Å². The standard InChI is InChI=1S/C18H21N3O4S/c1-11-15(17(22)25-2)16(12-7-9-14(10-8-12)21(23)24)19-18(26)20(11)13-5-3-4-6-13/h7-10,13,16H,3-6H2,1-2H3,(H,19,26)/t16-/m1/s1. The second-order valence-electron chi connectivity index (χ2n) is 6.53. The highest BCUT2D eigenvalue weighted by atomic mass is 32.1. The number of nitrogens with one attached hydrogen (secondary N) is 1. The van der Waals surface area contributed by atoms with Crippen LogP contribution in [0.4, 0.5) is 5.69 Å². The molecule has 1 aromatic carbocycles. The average Bonchev–Trinajstić information content (AvgIpc) is 3.15. The number of nitrogens with zero attached hydrogens (tertiary/aromatic N) is 2. The minimum absolute atomic E-state index is 0.0000349. The van der Waals surface area contributed by atoms with Crippen LogP contribution in [-0.2, 0) is 9.53 Å². The molecule has 1 atom stereocenters. The highest BCUT2D eigenvalue weighted by Crippen LogP contribution is 2.36. The monoisotopic (exact) mass is 375 g/mol. The van der Waals surface area contributed by atoms with Crippen LogP contribution in [-0.4, -0.2) is 34.1 Å². The van der Waals surface area contributed by atoms with Gasteiger partial charge in [-0.15, -0.1) is 0 Å². The van der Waals surface area contributed by atoms with E-state index >= 15 is 0 Å². The van der Waals surface area contributed by atoms with Crippen LogP contribution in [0.2, 0.25) is 0 Å². The van der Waals surface area contributed by atoms with Gasteiger partial charge in [-0.3, -0.25) is 10.1 Å². The summed E-state index contributed by atoms with van der Waals surface area (Å²) in [6.07, 6.45) is 4.37. The molecule has 0 saturated heterocycles. The summed E-state index contributed by atoms with van der Waals surface area (Å²) in [7, 11) is 1.35. The predicted molar refractivity (Wildman–Crippen MR) is 100 cm³/mol. The molecule has 1 fully saturated rings. The summed E-state index contributed by atoms with van der Waals surface area (Å²) < 4.78 is 5.01. The molecule has 2 aliphatic rings. The minimum Gasteiger partial charge on any atom is -0.466 e. The maximum Gasteiger partial charge on any atom is 0.337 e. The van der Waals surface area contributed by atoms with Crippen LogP contribution in [0, 0.1) is 10.1 Å². The van der Waals surface area contributed by atoms with Gasteiger partial charge >= 0.3 is 5.97 Å². The molecule has 7 nitrogen and oxygen atoms in total. The number of allylic oxidation sites excluding steroid dienone is 1. The molecule has 0 radical (unpaired) electrons. The topological polar surface area (TPSA) is 84.7 Å². The molecule has 1 N–H and O–H groups in total. The summed E-state index contributed by atoms with van der Waals surface area (Å²) in [6.45, 7) is 1.89. The van der Waals surface area contributed by atoms with Crippen LogP contribution >= 0.6 is 12.2 Å². The zero-order chi connectivity index (χ0) is 18.8. The number of nitro benzene ring substituents is 1. The first kappa shape index (κ1) is 18.3. The van der Waals surface area contributed by atoms with E-state index < -0.39 is 16.9 Å². The van der Waals surface area contributed by atoms with Gasteiger partial charge in [0.25, 0.3) is 5.69 Å². The van der Waals surface area contributed by atoms with Crippen molar-refractivity contribution in [3.05, 3.63) is 51.2 Å². The Bertz CT molecular complexity index is 769. The Balaban J connectivity index is 2.02. The normalized spacial score (nSPS) is 20.9. The molecule has 3 rings (SSSR count). The van der Waals surface area contributed by atoms with Crippen molar-refractivity contribution in [2.24, 2.45) is 0 Å². The lowest BCUT2D eigenvalue weighted by Gasteiger charge is -2.40. The number of carbonyl (C=O) groups excluding carboxylic acids is 1. The van der Waals surface area contributed by atoms with E-state index in [1.165, 1.54) is 19.2 Å². The number of ether oxygens (including phenoxy) is 1. The van der Waals surface area contributed by atoms with E-state index in [2.05, 4.69) is 5.32 Å². The first-order chi connectivity index (χ1) is 12.4. The third-order valence-electron chi connectivity index (χ3n) is 5.06. The van der Waals surface area contributed by atoms with Crippen LogP contribution < -0.4 is 5.32 Å². The fourth-order valence-electron chi connectivity index (χ4n) is 3.77. The van der Waals surface area contributed by atoms with Gasteiger partial charge in [0.2, 0.25) is 0 Å².